The number of hydrogen-bond donors (Lipinski definition) is 0. The Bertz CT molecular complexity index is 556. The molecule has 2 aliphatic rings. The number of ketones is 1. The number of likely N-dealkylation sites (tertiary alicyclic amines) is 1. The highest BCUT2D eigenvalue weighted by Crippen LogP contribution is 2.27. The lowest BCUT2D eigenvalue weighted by Crippen LogP contribution is -2.31. The number of carbonyl (C=O) groups is 1. The van der Waals surface area contributed by atoms with Gasteiger partial charge in [0.15, 0.2) is 0 Å². The van der Waals surface area contributed by atoms with Gasteiger partial charge < -0.3 is 4.74 Å². The van der Waals surface area contributed by atoms with E-state index in [4.69, 9.17) is 4.74 Å². The summed E-state index contributed by atoms with van der Waals surface area (Å²) in [5.41, 5.74) is 2.14. The second kappa shape index (κ2) is 5.32. The number of hydrogen-bond acceptors (Lipinski definition) is 5. The molecule has 0 amide bonds. The van der Waals surface area contributed by atoms with E-state index in [0.29, 0.717) is 5.88 Å². The van der Waals surface area contributed by atoms with Crippen LogP contribution in [-0.4, -0.2) is 46.4 Å². The first-order chi connectivity index (χ1) is 9.65. The summed E-state index contributed by atoms with van der Waals surface area (Å²) in [5, 5.41) is 0. The monoisotopic (exact) mass is 273 g/mol. The molecular weight excluding hydrogens is 254 g/mol. The lowest BCUT2D eigenvalue weighted by atomic mass is 10.0. The first-order valence-electron chi connectivity index (χ1n) is 7.00. The highest BCUT2D eigenvalue weighted by atomic mass is 16.5. The zero-order valence-corrected chi connectivity index (χ0v) is 11.9. The van der Waals surface area contributed by atoms with E-state index < -0.39 is 0 Å². The fraction of sp³-hybridized carbons (Fsp3) is 0.533. The van der Waals surface area contributed by atoms with Crippen molar-refractivity contribution in [2.24, 2.45) is 0 Å². The summed E-state index contributed by atoms with van der Waals surface area (Å²) in [6, 6.07) is -0.0300. The standard InChI is InChI=1S/C15H19N3O2/c1-10(19)14-7-11(8-18(14)2)20-15-12-5-3-4-6-13(12)16-9-17-15/h3-4,9,11,14H,5-8H2,1-2H3. The summed E-state index contributed by atoms with van der Waals surface area (Å²) >= 11 is 0. The van der Waals surface area contributed by atoms with Crippen LogP contribution in [0.3, 0.4) is 0 Å². The number of carbonyl (C=O) groups excluding carboxylic acids is 1. The maximum Gasteiger partial charge on any atom is 0.220 e. The van der Waals surface area contributed by atoms with Gasteiger partial charge in [0.25, 0.3) is 0 Å². The highest BCUT2D eigenvalue weighted by molar-refractivity contribution is 5.81. The minimum absolute atomic E-state index is 0.0267. The third kappa shape index (κ3) is 2.45. The van der Waals surface area contributed by atoms with E-state index in [1.165, 1.54) is 0 Å². The molecule has 5 heteroatoms. The minimum Gasteiger partial charge on any atom is -0.473 e. The number of likely N-dealkylation sites (N-methyl/N-ethyl adjacent to an activating group) is 1. The average Bonchev–Trinajstić information content (AvgIpc) is 2.80. The highest BCUT2D eigenvalue weighted by Gasteiger charge is 2.34. The summed E-state index contributed by atoms with van der Waals surface area (Å²) in [6.45, 7) is 2.40. The molecule has 1 aromatic rings. The van der Waals surface area contributed by atoms with Gasteiger partial charge in [0.1, 0.15) is 18.2 Å². The van der Waals surface area contributed by atoms with Gasteiger partial charge >= 0.3 is 0 Å². The number of rotatable bonds is 3. The largest absolute Gasteiger partial charge is 0.473 e. The van der Waals surface area contributed by atoms with Crippen molar-refractivity contribution < 1.29 is 9.53 Å². The molecule has 1 aliphatic carbocycles. The van der Waals surface area contributed by atoms with E-state index >= 15 is 0 Å². The summed E-state index contributed by atoms with van der Waals surface area (Å²) in [6.07, 6.45) is 8.23. The van der Waals surface area contributed by atoms with E-state index in [9.17, 15) is 4.79 Å². The lowest BCUT2D eigenvalue weighted by Gasteiger charge is -2.17. The molecule has 0 radical (unpaired) electrons. The lowest BCUT2D eigenvalue weighted by molar-refractivity contribution is -0.120. The van der Waals surface area contributed by atoms with Crippen molar-refractivity contribution in [3.05, 3.63) is 29.7 Å². The molecule has 3 rings (SSSR count). The number of allylic oxidation sites excluding steroid dienone is 2. The zero-order chi connectivity index (χ0) is 14.1. The molecule has 1 aromatic heterocycles. The molecule has 20 heavy (non-hydrogen) atoms. The zero-order valence-electron chi connectivity index (χ0n) is 11.9. The van der Waals surface area contributed by atoms with Crippen molar-refractivity contribution in [1.82, 2.24) is 14.9 Å². The fourth-order valence-electron chi connectivity index (χ4n) is 2.98. The number of aromatic nitrogens is 2. The molecule has 2 atom stereocenters. The van der Waals surface area contributed by atoms with Gasteiger partial charge in [-0.15, -0.1) is 0 Å². The fourth-order valence-corrected chi connectivity index (χ4v) is 2.98. The van der Waals surface area contributed by atoms with Crippen LogP contribution in [-0.2, 0) is 17.6 Å². The van der Waals surface area contributed by atoms with Gasteiger partial charge in [-0.05, 0) is 20.4 Å². The van der Waals surface area contributed by atoms with Crippen LogP contribution in [0, 0.1) is 0 Å². The topological polar surface area (TPSA) is 55.3 Å². The minimum atomic E-state index is -0.0300. The van der Waals surface area contributed by atoms with Crippen LogP contribution < -0.4 is 4.74 Å². The molecular formula is C15H19N3O2. The van der Waals surface area contributed by atoms with Crippen molar-refractivity contribution >= 4 is 5.78 Å². The molecule has 2 heterocycles. The molecule has 106 valence electrons. The molecule has 0 bridgehead atoms. The number of fused-ring (bicyclic) bond motifs is 1. The quantitative estimate of drug-likeness (QED) is 0.774. The van der Waals surface area contributed by atoms with Gasteiger partial charge in [0.05, 0.1) is 11.7 Å². The van der Waals surface area contributed by atoms with Gasteiger partial charge in [-0.1, -0.05) is 12.2 Å². The average molecular weight is 273 g/mol. The Hall–Kier alpha value is -1.75. The van der Waals surface area contributed by atoms with Crippen molar-refractivity contribution in [2.45, 2.75) is 38.3 Å². The maximum atomic E-state index is 11.6. The van der Waals surface area contributed by atoms with Gasteiger partial charge in [-0.3, -0.25) is 9.69 Å². The molecule has 0 saturated carbocycles. The normalized spacial score (nSPS) is 25.5. The molecule has 1 aliphatic heterocycles. The third-order valence-corrected chi connectivity index (χ3v) is 4.05. The Labute approximate surface area is 118 Å². The number of nitrogens with zero attached hydrogens (tertiary/aromatic N) is 3. The van der Waals surface area contributed by atoms with Gasteiger partial charge in [-0.25, -0.2) is 9.97 Å². The van der Waals surface area contributed by atoms with Crippen LogP contribution in [0.2, 0.25) is 0 Å². The van der Waals surface area contributed by atoms with E-state index in [2.05, 4.69) is 27.0 Å². The first kappa shape index (κ1) is 13.2. The Kier molecular flexibility index (Phi) is 3.53. The van der Waals surface area contributed by atoms with Crippen LogP contribution in [0.25, 0.3) is 0 Å². The van der Waals surface area contributed by atoms with Crippen LogP contribution in [0.15, 0.2) is 18.5 Å². The molecule has 2 unspecified atom stereocenters. The van der Waals surface area contributed by atoms with Gasteiger partial charge in [-0.2, -0.15) is 0 Å². The smallest absolute Gasteiger partial charge is 0.220 e. The Morgan fingerprint density at radius 1 is 1.35 bits per heavy atom. The Balaban J connectivity index is 1.75. The van der Waals surface area contributed by atoms with Crippen LogP contribution in [0.4, 0.5) is 0 Å². The molecule has 0 spiro atoms. The second-order valence-electron chi connectivity index (χ2n) is 5.53. The molecule has 0 aromatic carbocycles. The van der Waals surface area contributed by atoms with Crippen LogP contribution >= 0.6 is 0 Å². The summed E-state index contributed by atoms with van der Waals surface area (Å²) in [7, 11) is 1.97. The van der Waals surface area contributed by atoms with Gasteiger partial charge in [0, 0.05) is 24.9 Å². The molecule has 1 saturated heterocycles. The van der Waals surface area contributed by atoms with Crippen molar-refractivity contribution in [3.8, 4) is 5.88 Å². The first-order valence-corrected chi connectivity index (χ1v) is 7.00. The summed E-state index contributed by atoms with van der Waals surface area (Å²) < 4.78 is 6.05. The van der Waals surface area contributed by atoms with Crippen molar-refractivity contribution in [1.29, 1.82) is 0 Å². The van der Waals surface area contributed by atoms with E-state index in [1.807, 2.05) is 7.05 Å². The van der Waals surface area contributed by atoms with Crippen LogP contribution in [0.1, 0.15) is 24.6 Å². The predicted molar refractivity (Wildman–Crippen MR) is 74.7 cm³/mol. The summed E-state index contributed by atoms with van der Waals surface area (Å²) in [5.74, 6) is 0.883. The van der Waals surface area contributed by atoms with Crippen LogP contribution in [0.5, 0.6) is 5.88 Å². The second-order valence-corrected chi connectivity index (χ2v) is 5.53. The van der Waals surface area contributed by atoms with E-state index in [0.717, 1.165) is 37.1 Å². The maximum absolute atomic E-state index is 11.6. The molecule has 1 fully saturated rings. The molecule has 5 nitrogen and oxygen atoms in total. The predicted octanol–water partition coefficient (Wildman–Crippen LogP) is 1.17. The van der Waals surface area contributed by atoms with Gasteiger partial charge in [0.2, 0.25) is 5.88 Å². The number of ether oxygens (including phenoxy) is 1. The molecule has 0 N–H and O–H groups in total. The number of Topliss-reactive ketones (excluding diaryl/α,β-unsaturated/α-hetero) is 1. The summed E-state index contributed by atoms with van der Waals surface area (Å²) in [4.78, 5) is 22.2. The Morgan fingerprint density at radius 3 is 2.90 bits per heavy atom. The van der Waals surface area contributed by atoms with E-state index in [1.54, 1.807) is 13.3 Å². The van der Waals surface area contributed by atoms with E-state index in [-0.39, 0.29) is 17.9 Å². The SMILES string of the molecule is CC(=O)C1CC(Oc2ncnc3c2CC=CC3)CN1C. The third-order valence-electron chi connectivity index (χ3n) is 4.05. The Morgan fingerprint density at radius 2 is 2.15 bits per heavy atom. The van der Waals surface area contributed by atoms with Crippen molar-refractivity contribution in [2.75, 3.05) is 13.6 Å². The van der Waals surface area contributed by atoms with Crippen molar-refractivity contribution in [3.63, 3.8) is 0 Å².